The maximum atomic E-state index is 13.5. The zero-order chi connectivity index (χ0) is 19.8. The van der Waals surface area contributed by atoms with Crippen molar-refractivity contribution in [3.8, 4) is 6.07 Å². The van der Waals surface area contributed by atoms with Gasteiger partial charge in [0.2, 0.25) is 5.95 Å². The number of aromatic nitrogens is 2. The van der Waals surface area contributed by atoms with Gasteiger partial charge in [0.15, 0.2) is 6.23 Å². The Kier molecular flexibility index (Phi) is 4.99. The fourth-order valence-electron chi connectivity index (χ4n) is 2.86. The zero-order valence-electron chi connectivity index (χ0n) is 14.2. The molecule has 11 heteroatoms. The molecule has 27 heavy (non-hydrogen) atoms. The van der Waals surface area contributed by atoms with Crippen molar-refractivity contribution in [3.05, 3.63) is 47.3 Å². The Balaban J connectivity index is 2.02. The number of aliphatic hydroxyl groups excluding tert-OH is 2. The number of anilines is 1. The Morgan fingerprint density at radius 3 is 3.00 bits per heavy atom. The molecule has 3 atom stereocenters. The number of nitrogens with zero attached hydrogens (tertiary/aromatic N) is 3. The summed E-state index contributed by atoms with van der Waals surface area (Å²) in [4.78, 5) is 3.56. The molecule has 2 unspecified atom stereocenters. The van der Waals surface area contributed by atoms with Crippen LogP contribution in [-0.2, 0) is 17.0 Å². The normalized spacial score (nSPS) is 22.6. The predicted molar refractivity (Wildman–Crippen MR) is 95.1 cm³/mol. The lowest BCUT2D eigenvalue weighted by atomic mass is 10.1. The lowest BCUT2D eigenvalue weighted by Gasteiger charge is -2.17. The highest BCUT2D eigenvalue weighted by molar-refractivity contribution is 7.90. The number of aliphatic hydroxyl groups is 2. The number of pyridine rings is 1. The highest BCUT2D eigenvalue weighted by Gasteiger charge is 2.28. The van der Waals surface area contributed by atoms with Crippen molar-refractivity contribution in [2.24, 2.45) is 7.05 Å². The van der Waals surface area contributed by atoms with Crippen LogP contribution in [0.3, 0.4) is 0 Å². The number of hydrogen-bond donors (Lipinski definition) is 5. The lowest BCUT2D eigenvalue weighted by Crippen LogP contribution is -2.34. The molecule has 0 fully saturated rings. The predicted octanol–water partition coefficient (Wildman–Crippen LogP) is 0.832. The van der Waals surface area contributed by atoms with Gasteiger partial charge in [-0.3, -0.25) is 0 Å². The summed E-state index contributed by atoms with van der Waals surface area (Å²) in [5, 5.41) is 31.5. The molecule has 142 valence electrons. The highest BCUT2D eigenvalue weighted by Crippen LogP contribution is 2.31. The summed E-state index contributed by atoms with van der Waals surface area (Å²) in [6, 6.07) is 3.36. The van der Waals surface area contributed by atoms with E-state index in [4.69, 9.17) is 10.0 Å². The molecule has 9 nitrogen and oxygen atoms in total. The summed E-state index contributed by atoms with van der Waals surface area (Å²) in [6.07, 6.45) is 3.22. The van der Waals surface area contributed by atoms with E-state index in [0.717, 1.165) is 6.07 Å². The van der Waals surface area contributed by atoms with E-state index < -0.39 is 28.1 Å². The number of halogens is 1. The molecule has 1 aliphatic rings. The Morgan fingerprint density at radius 1 is 1.59 bits per heavy atom. The van der Waals surface area contributed by atoms with Crippen LogP contribution in [0.4, 0.5) is 10.1 Å². The summed E-state index contributed by atoms with van der Waals surface area (Å²) < 4.78 is 38.3. The summed E-state index contributed by atoms with van der Waals surface area (Å²) in [5.74, 6) is -0.876. The summed E-state index contributed by atoms with van der Waals surface area (Å²) >= 11 is 0. The first-order valence-corrected chi connectivity index (χ1v) is 9.37. The number of nitriles is 1. The van der Waals surface area contributed by atoms with Crippen LogP contribution in [0.1, 0.15) is 23.2 Å². The quantitative estimate of drug-likeness (QED) is 0.385. The van der Waals surface area contributed by atoms with Gasteiger partial charge in [0.25, 0.3) is 0 Å². The second kappa shape index (κ2) is 7.09. The minimum atomic E-state index is -3.41. The van der Waals surface area contributed by atoms with Gasteiger partial charge in [-0.05, 0) is 6.07 Å². The van der Waals surface area contributed by atoms with Gasteiger partial charge < -0.3 is 20.1 Å². The van der Waals surface area contributed by atoms with Crippen molar-refractivity contribution < 1.29 is 18.8 Å². The van der Waals surface area contributed by atoms with Crippen LogP contribution in [-0.4, -0.2) is 36.6 Å². The average molecular weight is 392 g/mol. The van der Waals surface area contributed by atoms with Crippen LogP contribution < -0.4 is 10.0 Å². The molecule has 0 bridgehead atoms. The third-order valence-corrected chi connectivity index (χ3v) is 5.60. The van der Waals surface area contributed by atoms with E-state index in [9.17, 15) is 18.8 Å². The van der Waals surface area contributed by atoms with Crippen molar-refractivity contribution in [3.63, 3.8) is 0 Å². The molecule has 3 rings (SSSR count). The number of nitrogens with one attached hydrogen (secondary N) is 3. The second-order valence-electron chi connectivity index (χ2n) is 5.95. The standard InChI is InChI=1S/C16H17FN6O3S/c1-23-7-13-12(3-2-9(8-24)22-27(13,19)26)15(23)16(25)21-10-4-11(6-18)20-14(17)5-10/h2-5,7,9,16,24-25H,8H2,1H3,(H,20,21)(H2,19,22,26)/t9-,16?,27?/m1/s1. The van der Waals surface area contributed by atoms with Crippen LogP contribution in [0.5, 0.6) is 0 Å². The molecular weight excluding hydrogens is 375 g/mol. The first kappa shape index (κ1) is 19.0. The van der Waals surface area contributed by atoms with E-state index in [1.165, 1.54) is 16.8 Å². The molecule has 2 aromatic heterocycles. The molecule has 5 N–H and O–H groups in total. The Morgan fingerprint density at radius 2 is 2.33 bits per heavy atom. The molecule has 0 aromatic carbocycles. The smallest absolute Gasteiger partial charge is 0.216 e. The van der Waals surface area contributed by atoms with E-state index in [2.05, 4.69) is 15.0 Å². The van der Waals surface area contributed by atoms with Gasteiger partial charge in [0.1, 0.15) is 21.7 Å². The third kappa shape index (κ3) is 3.69. The largest absolute Gasteiger partial charge is 0.394 e. The van der Waals surface area contributed by atoms with E-state index in [0.29, 0.717) is 5.56 Å². The second-order valence-corrected chi connectivity index (χ2v) is 7.74. The summed E-state index contributed by atoms with van der Waals surface area (Å²) in [6.45, 7) is -0.341. The van der Waals surface area contributed by atoms with E-state index in [-0.39, 0.29) is 28.6 Å². The van der Waals surface area contributed by atoms with Gasteiger partial charge in [-0.2, -0.15) is 9.65 Å². The van der Waals surface area contributed by atoms with Crippen LogP contribution >= 0.6 is 0 Å². The van der Waals surface area contributed by atoms with Gasteiger partial charge in [0.05, 0.1) is 23.2 Å². The minimum absolute atomic E-state index is 0.136. The SMILES string of the molecule is Cn1cc2c(c1C(O)Nc1cc(F)nc(C#N)c1)C=C[C@H](CO)NS2(=N)=O. The van der Waals surface area contributed by atoms with Crippen molar-refractivity contribution in [1.82, 2.24) is 14.3 Å². The van der Waals surface area contributed by atoms with Crippen molar-refractivity contribution in [1.29, 1.82) is 10.0 Å². The topological polar surface area (TPSA) is 147 Å². The van der Waals surface area contributed by atoms with Gasteiger partial charge in [-0.1, -0.05) is 12.2 Å². The van der Waals surface area contributed by atoms with Crippen LogP contribution in [0.2, 0.25) is 0 Å². The Hall–Kier alpha value is -2.78. The molecule has 1 aliphatic heterocycles. The summed E-state index contributed by atoms with van der Waals surface area (Å²) in [5.41, 5.74) is 0.630. The zero-order valence-corrected chi connectivity index (χ0v) is 15.0. The molecule has 0 saturated heterocycles. The molecular formula is C16H17FN6O3S. The van der Waals surface area contributed by atoms with Gasteiger partial charge in [-0.25, -0.2) is 18.7 Å². The number of hydrogen-bond acceptors (Lipinski definition) is 7. The third-order valence-electron chi connectivity index (χ3n) is 4.02. The van der Waals surface area contributed by atoms with Crippen molar-refractivity contribution in [2.75, 3.05) is 11.9 Å². The van der Waals surface area contributed by atoms with Gasteiger partial charge in [0, 0.05) is 30.6 Å². The molecule has 3 heterocycles. The molecule has 0 saturated carbocycles. The van der Waals surface area contributed by atoms with E-state index in [1.54, 1.807) is 25.3 Å². The first-order chi connectivity index (χ1) is 12.7. The Labute approximate surface area is 154 Å². The van der Waals surface area contributed by atoms with Crippen molar-refractivity contribution in [2.45, 2.75) is 17.2 Å². The average Bonchev–Trinajstić information content (AvgIpc) is 2.89. The van der Waals surface area contributed by atoms with E-state index in [1.807, 2.05) is 0 Å². The van der Waals surface area contributed by atoms with Crippen LogP contribution in [0.25, 0.3) is 6.08 Å². The Bertz CT molecular complexity index is 1060. The number of aryl methyl sites for hydroxylation is 1. The monoisotopic (exact) mass is 392 g/mol. The maximum Gasteiger partial charge on any atom is 0.216 e. The van der Waals surface area contributed by atoms with Gasteiger partial charge in [-0.15, -0.1) is 0 Å². The molecule has 0 spiro atoms. The molecule has 0 radical (unpaired) electrons. The minimum Gasteiger partial charge on any atom is -0.394 e. The molecule has 0 amide bonds. The molecule has 0 aliphatic carbocycles. The number of rotatable bonds is 4. The fourth-order valence-corrected chi connectivity index (χ4v) is 4.35. The van der Waals surface area contributed by atoms with Crippen LogP contribution in [0, 0.1) is 22.1 Å². The fraction of sp³-hybridized carbons (Fsp3) is 0.250. The summed E-state index contributed by atoms with van der Waals surface area (Å²) in [7, 11) is -1.80. The number of fused-ring (bicyclic) bond motifs is 1. The molecule has 2 aromatic rings. The maximum absolute atomic E-state index is 13.5. The first-order valence-electron chi connectivity index (χ1n) is 7.82. The highest BCUT2D eigenvalue weighted by atomic mass is 32.2. The van der Waals surface area contributed by atoms with E-state index >= 15 is 0 Å². The lowest BCUT2D eigenvalue weighted by molar-refractivity contribution is 0.199. The van der Waals surface area contributed by atoms with Crippen LogP contribution in [0.15, 0.2) is 29.3 Å². The van der Waals surface area contributed by atoms with Gasteiger partial charge >= 0.3 is 0 Å². The van der Waals surface area contributed by atoms with Crippen molar-refractivity contribution >= 4 is 21.7 Å².